The summed E-state index contributed by atoms with van der Waals surface area (Å²) in [4.78, 5) is 6.56. The molecule has 0 N–H and O–H groups in total. The Kier molecular flexibility index (Phi) is 4.09. The van der Waals surface area contributed by atoms with E-state index in [9.17, 15) is 0 Å². The molecule has 0 saturated carbocycles. The Balaban J connectivity index is 1.71. The number of ether oxygens (including phenoxy) is 1. The molecule has 0 aliphatic carbocycles. The zero-order valence-corrected chi connectivity index (χ0v) is 11.8. The maximum Gasteiger partial charge on any atom is 0.0952 e. The molecule has 1 fully saturated rings. The standard InChI is InChI=1S/C17H20N2O/c1-14-13-20-17(16-5-3-2-4-6-16)12-19(14)11-15-7-9-18-10-8-15/h2-10,14,17H,11-13H2,1H3. The quantitative estimate of drug-likeness (QED) is 0.855. The number of hydrogen-bond donors (Lipinski definition) is 0. The molecule has 0 bridgehead atoms. The molecule has 1 aliphatic rings. The molecule has 0 spiro atoms. The molecule has 2 heterocycles. The van der Waals surface area contributed by atoms with Crippen molar-refractivity contribution in [2.24, 2.45) is 0 Å². The molecule has 2 atom stereocenters. The lowest BCUT2D eigenvalue weighted by atomic mass is 10.1. The Labute approximate surface area is 120 Å². The highest BCUT2D eigenvalue weighted by molar-refractivity contribution is 5.19. The predicted molar refractivity (Wildman–Crippen MR) is 79.2 cm³/mol. The largest absolute Gasteiger partial charge is 0.371 e. The third-order valence-corrected chi connectivity index (χ3v) is 3.87. The molecule has 1 saturated heterocycles. The van der Waals surface area contributed by atoms with Crippen molar-refractivity contribution in [3.63, 3.8) is 0 Å². The van der Waals surface area contributed by atoms with Crippen LogP contribution in [0.5, 0.6) is 0 Å². The lowest BCUT2D eigenvalue weighted by Gasteiger charge is -2.38. The molecule has 1 aliphatic heterocycles. The molecule has 2 aromatic rings. The van der Waals surface area contributed by atoms with Crippen LogP contribution in [0.2, 0.25) is 0 Å². The second-order valence-electron chi connectivity index (χ2n) is 5.37. The van der Waals surface area contributed by atoms with E-state index in [0.717, 1.165) is 19.7 Å². The summed E-state index contributed by atoms with van der Waals surface area (Å²) in [5.74, 6) is 0. The van der Waals surface area contributed by atoms with Crippen LogP contribution < -0.4 is 0 Å². The Morgan fingerprint density at radius 2 is 1.90 bits per heavy atom. The SMILES string of the molecule is CC1COC(c2ccccc2)CN1Cc1ccncc1. The van der Waals surface area contributed by atoms with Gasteiger partial charge in [-0.15, -0.1) is 0 Å². The first-order chi connectivity index (χ1) is 9.83. The zero-order chi connectivity index (χ0) is 13.8. The van der Waals surface area contributed by atoms with Gasteiger partial charge >= 0.3 is 0 Å². The minimum Gasteiger partial charge on any atom is -0.371 e. The topological polar surface area (TPSA) is 25.4 Å². The van der Waals surface area contributed by atoms with Crippen LogP contribution in [0.3, 0.4) is 0 Å². The van der Waals surface area contributed by atoms with Crippen molar-refractivity contribution in [1.82, 2.24) is 9.88 Å². The maximum absolute atomic E-state index is 5.99. The van der Waals surface area contributed by atoms with Crippen molar-refractivity contribution in [2.45, 2.75) is 25.6 Å². The molecule has 3 heteroatoms. The minimum absolute atomic E-state index is 0.175. The molecule has 0 radical (unpaired) electrons. The van der Waals surface area contributed by atoms with Gasteiger partial charge in [-0.05, 0) is 30.2 Å². The summed E-state index contributed by atoms with van der Waals surface area (Å²) >= 11 is 0. The average molecular weight is 268 g/mol. The van der Waals surface area contributed by atoms with Gasteiger partial charge in [-0.3, -0.25) is 9.88 Å². The molecule has 0 amide bonds. The van der Waals surface area contributed by atoms with E-state index in [0.29, 0.717) is 6.04 Å². The monoisotopic (exact) mass is 268 g/mol. The first-order valence-corrected chi connectivity index (χ1v) is 7.12. The van der Waals surface area contributed by atoms with Crippen LogP contribution in [-0.4, -0.2) is 29.1 Å². The summed E-state index contributed by atoms with van der Waals surface area (Å²) in [6.45, 7) is 4.90. The van der Waals surface area contributed by atoms with Gasteiger partial charge in [-0.1, -0.05) is 30.3 Å². The predicted octanol–water partition coefficient (Wildman–Crippen LogP) is 3.04. The fourth-order valence-electron chi connectivity index (χ4n) is 2.62. The lowest BCUT2D eigenvalue weighted by molar-refractivity contribution is -0.0633. The average Bonchev–Trinajstić information content (AvgIpc) is 2.51. The first kappa shape index (κ1) is 13.3. The van der Waals surface area contributed by atoms with Crippen molar-refractivity contribution in [3.05, 3.63) is 66.0 Å². The van der Waals surface area contributed by atoms with E-state index < -0.39 is 0 Å². The van der Waals surface area contributed by atoms with Gasteiger partial charge in [0.15, 0.2) is 0 Å². The zero-order valence-electron chi connectivity index (χ0n) is 11.8. The molecular formula is C17H20N2O. The summed E-state index contributed by atoms with van der Waals surface area (Å²) in [6, 6.07) is 15.1. The molecule has 20 heavy (non-hydrogen) atoms. The van der Waals surface area contributed by atoms with Crippen LogP contribution in [-0.2, 0) is 11.3 Å². The summed E-state index contributed by atoms with van der Waals surface area (Å²) in [5, 5.41) is 0. The van der Waals surface area contributed by atoms with Crippen LogP contribution >= 0.6 is 0 Å². The van der Waals surface area contributed by atoms with Gasteiger partial charge in [-0.2, -0.15) is 0 Å². The van der Waals surface area contributed by atoms with Crippen LogP contribution in [0.25, 0.3) is 0 Å². The number of aromatic nitrogens is 1. The molecule has 104 valence electrons. The van der Waals surface area contributed by atoms with Gasteiger partial charge in [0.05, 0.1) is 12.7 Å². The second kappa shape index (κ2) is 6.16. The van der Waals surface area contributed by atoms with Crippen molar-refractivity contribution < 1.29 is 4.74 Å². The van der Waals surface area contributed by atoms with E-state index in [-0.39, 0.29) is 6.10 Å². The fourth-order valence-corrected chi connectivity index (χ4v) is 2.62. The number of nitrogens with zero attached hydrogens (tertiary/aromatic N) is 2. The fraction of sp³-hybridized carbons (Fsp3) is 0.353. The smallest absolute Gasteiger partial charge is 0.0952 e. The molecule has 3 nitrogen and oxygen atoms in total. The lowest BCUT2D eigenvalue weighted by Crippen LogP contribution is -2.44. The Morgan fingerprint density at radius 1 is 1.15 bits per heavy atom. The Morgan fingerprint density at radius 3 is 2.65 bits per heavy atom. The van der Waals surface area contributed by atoms with Gasteiger partial charge in [0.25, 0.3) is 0 Å². The molecular weight excluding hydrogens is 248 g/mol. The van der Waals surface area contributed by atoms with E-state index in [2.05, 4.69) is 53.2 Å². The van der Waals surface area contributed by atoms with Crippen LogP contribution in [0, 0.1) is 0 Å². The molecule has 1 aromatic carbocycles. The van der Waals surface area contributed by atoms with Gasteiger partial charge in [-0.25, -0.2) is 0 Å². The molecule has 3 rings (SSSR count). The summed E-state index contributed by atoms with van der Waals surface area (Å²) < 4.78 is 5.99. The third kappa shape index (κ3) is 3.06. The van der Waals surface area contributed by atoms with Crippen molar-refractivity contribution in [3.8, 4) is 0 Å². The van der Waals surface area contributed by atoms with Crippen molar-refractivity contribution >= 4 is 0 Å². The molecule has 1 aromatic heterocycles. The Hall–Kier alpha value is -1.71. The highest BCUT2D eigenvalue weighted by Gasteiger charge is 2.26. The number of morpholine rings is 1. The number of hydrogen-bond acceptors (Lipinski definition) is 3. The maximum atomic E-state index is 5.99. The van der Waals surface area contributed by atoms with E-state index in [1.807, 2.05) is 18.5 Å². The first-order valence-electron chi connectivity index (χ1n) is 7.12. The summed E-state index contributed by atoms with van der Waals surface area (Å²) in [6.07, 6.45) is 3.89. The van der Waals surface area contributed by atoms with Gasteiger partial charge < -0.3 is 4.74 Å². The van der Waals surface area contributed by atoms with Crippen molar-refractivity contribution in [1.29, 1.82) is 0 Å². The minimum atomic E-state index is 0.175. The van der Waals surface area contributed by atoms with Gasteiger partial charge in [0, 0.05) is 31.5 Å². The normalized spacial score (nSPS) is 23.6. The summed E-state index contributed by atoms with van der Waals surface area (Å²) in [7, 11) is 0. The number of pyridine rings is 1. The number of benzene rings is 1. The van der Waals surface area contributed by atoms with Crippen LogP contribution in [0.1, 0.15) is 24.2 Å². The van der Waals surface area contributed by atoms with E-state index in [4.69, 9.17) is 4.74 Å². The van der Waals surface area contributed by atoms with E-state index >= 15 is 0 Å². The van der Waals surface area contributed by atoms with Crippen molar-refractivity contribution in [2.75, 3.05) is 13.2 Å². The van der Waals surface area contributed by atoms with E-state index in [1.54, 1.807) is 0 Å². The molecule has 2 unspecified atom stereocenters. The summed E-state index contributed by atoms with van der Waals surface area (Å²) in [5.41, 5.74) is 2.57. The highest BCUT2D eigenvalue weighted by Crippen LogP contribution is 2.25. The van der Waals surface area contributed by atoms with Crippen LogP contribution in [0.4, 0.5) is 0 Å². The van der Waals surface area contributed by atoms with E-state index in [1.165, 1.54) is 11.1 Å². The third-order valence-electron chi connectivity index (χ3n) is 3.87. The van der Waals surface area contributed by atoms with Crippen LogP contribution in [0.15, 0.2) is 54.9 Å². The Bertz CT molecular complexity index is 529. The number of rotatable bonds is 3. The highest BCUT2D eigenvalue weighted by atomic mass is 16.5. The second-order valence-corrected chi connectivity index (χ2v) is 5.37. The van der Waals surface area contributed by atoms with Gasteiger partial charge in [0.2, 0.25) is 0 Å². The van der Waals surface area contributed by atoms with Gasteiger partial charge in [0.1, 0.15) is 0 Å².